The third-order valence-corrected chi connectivity index (χ3v) is 2.99. The lowest BCUT2D eigenvalue weighted by Crippen LogP contribution is -2.40. The molecule has 0 aromatic heterocycles. The number of likely N-dealkylation sites (tertiary alicyclic amines) is 1. The van der Waals surface area contributed by atoms with Crippen molar-refractivity contribution in [1.29, 1.82) is 0 Å². The largest absolute Gasteiger partial charge is 0.469 e. The number of piperidine rings is 1. The Bertz CT molecular complexity index is 267. The maximum absolute atomic E-state index is 11.6. The normalized spacial score (nSPS) is 20.9. The van der Waals surface area contributed by atoms with Gasteiger partial charge in [0, 0.05) is 13.1 Å². The number of rotatable bonds is 5. The smallest absolute Gasteiger partial charge is 0.310 e. The monoisotopic (exact) mass is 243 g/mol. The van der Waals surface area contributed by atoms with Gasteiger partial charge in [0.1, 0.15) is 0 Å². The molecule has 0 saturated carbocycles. The third-order valence-electron chi connectivity index (χ3n) is 2.99. The summed E-state index contributed by atoms with van der Waals surface area (Å²) in [4.78, 5) is 24.8. The van der Waals surface area contributed by atoms with E-state index in [-0.39, 0.29) is 17.9 Å². The number of carbonyl (C=O) groups is 2. The first-order valence-electron chi connectivity index (χ1n) is 6.13. The van der Waals surface area contributed by atoms with Gasteiger partial charge in [0.05, 0.1) is 26.1 Å². The van der Waals surface area contributed by atoms with Gasteiger partial charge in [0.25, 0.3) is 0 Å². The lowest BCUT2D eigenvalue weighted by molar-refractivity contribution is -0.149. The summed E-state index contributed by atoms with van der Waals surface area (Å²) in [7, 11) is 1.39. The van der Waals surface area contributed by atoms with E-state index in [4.69, 9.17) is 4.74 Å². The zero-order chi connectivity index (χ0) is 12.7. The molecule has 17 heavy (non-hydrogen) atoms. The molecule has 0 aliphatic carbocycles. The molecule has 5 nitrogen and oxygen atoms in total. The van der Waals surface area contributed by atoms with Crippen LogP contribution in [0.25, 0.3) is 0 Å². The van der Waals surface area contributed by atoms with Crippen molar-refractivity contribution in [3.63, 3.8) is 0 Å². The van der Waals surface area contributed by atoms with Gasteiger partial charge in [0.15, 0.2) is 0 Å². The third kappa shape index (κ3) is 4.73. The van der Waals surface area contributed by atoms with Crippen molar-refractivity contribution in [3.8, 4) is 0 Å². The Balaban J connectivity index is 2.33. The summed E-state index contributed by atoms with van der Waals surface area (Å²) in [5, 5.41) is 0. The lowest BCUT2D eigenvalue weighted by atomic mass is 9.98. The van der Waals surface area contributed by atoms with Crippen LogP contribution in [0.4, 0.5) is 0 Å². The highest BCUT2D eigenvalue weighted by molar-refractivity contribution is 5.72. The number of hydrogen-bond acceptors (Lipinski definition) is 5. The molecule has 0 radical (unpaired) electrons. The number of hydrogen-bond donors (Lipinski definition) is 0. The Morgan fingerprint density at radius 3 is 2.82 bits per heavy atom. The second-order valence-electron chi connectivity index (χ2n) is 4.22. The lowest BCUT2D eigenvalue weighted by Gasteiger charge is -2.31. The molecular weight excluding hydrogens is 222 g/mol. The number of ether oxygens (including phenoxy) is 2. The minimum atomic E-state index is -0.205. The molecule has 0 bridgehead atoms. The quantitative estimate of drug-likeness (QED) is 0.669. The van der Waals surface area contributed by atoms with Crippen molar-refractivity contribution >= 4 is 11.9 Å². The molecule has 1 rings (SSSR count). The molecule has 5 heteroatoms. The molecule has 0 amide bonds. The van der Waals surface area contributed by atoms with Crippen LogP contribution in [0.1, 0.15) is 26.2 Å². The predicted molar refractivity (Wildman–Crippen MR) is 62.4 cm³/mol. The maximum Gasteiger partial charge on any atom is 0.310 e. The van der Waals surface area contributed by atoms with Crippen LogP contribution in [0.5, 0.6) is 0 Å². The molecule has 1 atom stereocenters. The summed E-state index contributed by atoms with van der Waals surface area (Å²) in [5.41, 5.74) is 0. The molecule has 0 aromatic carbocycles. The topological polar surface area (TPSA) is 55.8 Å². The molecule has 1 aliphatic rings. The van der Waals surface area contributed by atoms with Crippen molar-refractivity contribution in [3.05, 3.63) is 0 Å². The van der Waals surface area contributed by atoms with Gasteiger partial charge in [-0.15, -0.1) is 0 Å². The van der Waals surface area contributed by atoms with Gasteiger partial charge in [-0.1, -0.05) is 0 Å². The van der Waals surface area contributed by atoms with Gasteiger partial charge in [0.2, 0.25) is 0 Å². The van der Waals surface area contributed by atoms with Gasteiger partial charge in [-0.3, -0.25) is 9.59 Å². The van der Waals surface area contributed by atoms with Gasteiger partial charge < -0.3 is 14.4 Å². The summed E-state index contributed by atoms with van der Waals surface area (Å²) < 4.78 is 9.62. The van der Waals surface area contributed by atoms with Crippen LogP contribution in [0.2, 0.25) is 0 Å². The van der Waals surface area contributed by atoms with Crippen LogP contribution < -0.4 is 0 Å². The van der Waals surface area contributed by atoms with Crippen molar-refractivity contribution in [2.24, 2.45) is 5.92 Å². The van der Waals surface area contributed by atoms with Gasteiger partial charge in [-0.25, -0.2) is 0 Å². The Kier molecular flexibility index (Phi) is 5.97. The van der Waals surface area contributed by atoms with Crippen LogP contribution in [0.3, 0.4) is 0 Å². The van der Waals surface area contributed by atoms with Crippen LogP contribution in [0.15, 0.2) is 0 Å². The standard InChI is InChI=1S/C12H21NO4/c1-3-17-12(15)10-5-4-7-13(9-10)8-6-11(14)16-2/h10H,3-9H2,1-2H3. The van der Waals surface area contributed by atoms with E-state index in [9.17, 15) is 9.59 Å². The Morgan fingerprint density at radius 2 is 2.18 bits per heavy atom. The van der Waals surface area contributed by atoms with Crippen molar-refractivity contribution in [2.45, 2.75) is 26.2 Å². The average molecular weight is 243 g/mol. The number of nitrogens with zero attached hydrogens (tertiary/aromatic N) is 1. The maximum atomic E-state index is 11.6. The van der Waals surface area contributed by atoms with Crippen molar-refractivity contribution < 1.29 is 19.1 Å². The molecule has 1 unspecified atom stereocenters. The van der Waals surface area contributed by atoms with E-state index in [1.165, 1.54) is 7.11 Å². The Labute approximate surface area is 102 Å². The van der Waals surface area contributed by atoms with E-state index in [1.54, 1.807) is 0 Å². The average Bonchev–Trinajstić information content (AvgIpc) is 2.36. The SMILES string of the molecule is CCOC(=O)C1CCCN(CCC(=O)OC)C1. The van der Waals surface area contributed by atoms with E-state index >= 15 is 0 Å². The zero-order valence-corrected chi connectivity index (χ0v) is 10.6. The summed E-state index contributed by atoms with van der Waals surface area (Å²) in [6, 6.07) is 0. The fourth-order valence-electron chi connectivity index (χ4n) is 2.06. The summed E-state index contributed by atoms with van der Waals surface area (Å²) >= 11 is 0. The minimum absolute atomic E-state index is 0.0404. The molecular formula is C12H21NO4. The fraction of sp³-hybridized carbons (Fsp3) is 0.833. The number of carbonyl (C=O) groups excluding carboxylic acids is 2. The predicted octanol–water partition coefficient (Wildman–Crippen LogP) is 0.825. The van der Waals surface area contributed by atoms with E-state index < -0.39 is 0 Å². The highest BCUT2D eigenvalue weighted by Crippen LogP contribution is 2.18. The number of methoxy groups -OCH3 is 1. The van der Waals surface area contributed by atoms with E-state index in [0.29, 0.717) is 26.1 Å². The summed E-state index contributed by atoms with van der Waals surface area (Å²) in [6.07, 6.45) is 2.24. The van der Waals surface area contributed by atoms with Crippen molar-refractivity contribution in [1.82, 2.24) is 4.90 Å². The molecule has 1 saturated heterocycles. The second-order valence-corrected chi connectivity index (χ2v) is 4.22. The first kappa shape index (κ1) is 14.0. The Morgan fingerprint density at radius 1 is 1.41 bits per heavy atom. The van der Waals surface area contributed by atoms with Crippen molar-refractivity contribution in [2.75, 3.05) is 33.4 Å². The molecule has 0 aromatic rings. The number of esters is 2. The molecule has 98 valence electrons. The van der Waals surface area contributed by atoms with E-state index in [1.807, 2.05) is 6.92 Å². The highest BCUT2D eigenvalue weighted by atomic mass is 16.5. The first-order valence-corrected chi connectivity index (χ1v) is 6.13. The zero-order valence-electron chi connectivity index (χ0n) is 10.6. The first-order chi connectivity index (χ1) is 8.17. The van der Waals surface area contributed by atoms with Gasteiger partial charge in [-0.05, 0) is 26.3 Å². The molecule has 1 fully saturated rings. The van der Waals surface area contributed by atoms with E-state index in [2.05, 4.69) is 9.64 Å². The fourth-order valence-corrected chi connectivity index (χ4v) is 2.06. The highest BCUT2D eigenvalue weighted by Gasteiger charge is 2.26. The van der Waals surface area contributed by atoms with Crippen LogP contribution in [-0.4, -0.2) is 50.2 Å². The molecule has 1 aliphatic heterocycles. The Hall–Kier alpha value is -1.10. The molecule has 1 heterocycles. The van der Waals surface area contributed by atoms with E-state index in [0.717, 1.165) is 19.4 Å². The minimum Gasteiger partial charge on any atom is -0.469 e. The summed E-state index contributed by atoms with van der Waals surface area (Å²) in [5.74, 6) is -0.361. The molecule has 0 N–H and O–H groups in total. The second kappa shape index (κ2) is 7.27. The van der Waals surface area contributed by atoms with Crippen LogP contribution in [0, 0.1) is 5.92 Å². The van der Waals surface area contributed by atoms with Crippen LogP contribution >= 0.6 is 0 Å². The van der Waals surface area contributed by atoms with Gasteiger partial charge >= 0.3 is 11.9 Å². The molecule has 0 spiro atoms. The summed E-state index contributed by atoms with van der Waals surface area (Å²) in [6.45, 7) is 4.53. The van der Waals surface area contributed by atoms with Crippen LogP contribution in [-0.2, 0) is 19.1 Å². The van der Waals surface area contributed by atoms with Gasteiger partial charge in [-0.2, -0.15) is 0 Å².